The zero-order chi connectivity index (χ0) is 8.84. The molecule has 0 radical (unpaired) electrons. The number of nitroso groups, excluding NO2 is 1. The van der Waals surface area contributed by atoms with Gasteiger partial charge in [-0.25, -0.2) is 0 Å². The van der Waals surface area contributed by atoms with Crippen LogP contribution < -0.4 is 0 Å². The molecule has 2 unspecified atom stereocenters. The van der Waals surface area contributed by atoms with Gasteiger partial charge in [0.2, 0.25) is 0 Å². The molecule has 2 aliphatic rings. The van der Waals surface area contributed by atoms with Crippen molar-refractivity contribution in [1.29, 1.82) is 0 Å². The fraction of sp³-hybridized carbons (Fsp3) is 0.500. The highest BCUT2D eigenvalue weighted by Gasteiger charge is 2.37. The van der Waals surface area contributed by atoms with Gasteiger partial charge in [0.1, 0.15) is 5.69 Å². The summed E-state index contributed by atoms with van der Waals surface area (Å²) in [5, 5.41) is 2.92. The SMILES string of the molecule is O=Nc1cnc2c(c1)C1CCC2C1. The van der Waals surface area contributed by atoms with E-state index in [1.807, 2.05) is 6.07 Å². The van der Waals surface area contributed by atoms with Crippen LogP contribution in [0.25, 0.3) is 0 Å². The molecule has 3 nitrogen and oxygen atoms in total. The molecule has 0 saturated heterocycles. The van der Waals surface area contributed by atoms with Crippen LogP contribution in [0.1, 0.15) is 42.4 Å². The Morgan fingerprint density at radius 1 is 1.38 bits per heavy atom. The van der Waals surface area contributed by atoms with Gasteiger partial charge in [0.05, 0.1) is 6.20 Å². The van der Waals surface area contributed by atoms with E-state index >= 15 is 0 Å². The van der Waals surface area contributed by atoms with Crippen molar-refractivity contribution in [2.24, 2.45) is 5.18 Å². The quantitative estimate of drug-likeness (QED) is 0.614. The van der Waals surface area contributed by atoms with Gasteiger partial charge in [-0.2, -0.15) is 0 Å². The number of nitrogens with zero attached hydrogens (tertiary/aromatic N) is 2. The van der Waals surface area contributed by atoms with Gasteiger partial charge in [-0.3, -0.25) is 4.98 Å². The minimum Gasteiger partial charge on any atom is -0.258 e. The van der Waals surface area contributed by atoms with E-state index in [4.69, 9.17) is 0 Å². The second kappa shape index (κ2) is 2.37. The summed E-state index contributed by atoms with van der Waals surface area (Å²) in [5.74, 6) is 1.33. The molecule has 0 amide bonds. The van der Waals surface area contributed by atoms with E-state index in [-0.39, 0.29) is 0 Å². The molecule has 2 aliphatic carbocycles. The van der Waals surface area contributed by atoms with Gasteiger partial charge >= 0.3 is 0 Å². The third-order valence-electron chi connectivity index (χ3n) is 3.30. The Morgan fingerprint density at radius 2 is 2.23 bits per heavy atom. The molecule has 0 aromatic carbocycles. The van der Waals surface area contributed by atoms with Gasteiger partial charge in [-0.15, -0.1) is 4.91 Å². The standard InChI is InChI=1S/C10H10N2O/c13-12-8-4-9-6-1-2-7(3-6)10(9)11-5-8/h4-7H,1-3H2. The first kappa shape index (κ1) is 7.18. The monoisotopic (exact) mass is 174 g/mol. The predicted octanol–water partition coefficient (Wildman–Crippen LogP) is 2.84. The van der Waals surface area contributed by atoms with Crippen LogP contribution in [0.3, 0.4) is 0 Å². The Labute approximate surface area is 76.2 Å². The first-order chi connectivity index (χ1) is 6.38. The summed E-state index contributed by atoms with van der Waals surface area (Å²) in [6, 6.07) is 1.92. The van der Waals surface area contributed by atoms with Crippen LogP contribution >= 0.6 is 0 Å². The van der Waals surface area contributed by atoms with Gasteiger partial charge in [0.15, 0.2) is 0 Å². The summed E-state index contributed by atoms with van der Waals surface area (Å²) < 4.78 is 0. The molecule has 1 heterocycles. The van der Waals surface area contributed by atoms with Crippen LogP contribution in [0.2, 0.25) is 0 Å². The molecule has 3 rings (SSSR count). The second-order valence-electron chi connectivity index (χ2n) is 3.97. The fourth-order valence-corrected chi connectivity index (χ4v) is 2.71. The maximum atomic E-state index is 10.3. The van der Waals surface area contributed by atoms with E-state index in [1.165, 1.54) is 30.5 Å². The van der Waals surface area contributed by atoms with Crippen molar-refractivity contribution in [3.8, 4) is 0 Å². The lowest BCUT2D eigenvalue weighted by Crippen LogP contribution is -1.99. The summed E-state index contributed by atoms with van der Waals surface area (Å²) in [6.45, 7) is 0. The molecule has 66 valence electrons. The average Bonchev–Trinajstić information content (AvgIpc) is 2.77. The molecule has 0 aliphatic heterocycles. The Bertz CT molecular complexity index is 375. The molecule has 3 heteroatoms. The third kappa shape index (κ3) is 0.870. The van der Waals surface area contributed by atoms with Crippen molar-refractivity contribution < 1.29 is 0 Å². The number of pyridine rings is 1. The Kier molecular flexibility index (Phi) is 1.31. The minimum absolute atomic E-state index is 0.478. The van der Waals surface area contributed by atoms with E-state index in [0.717, 1.165) is 0 Å². The van der Waals surface area contributed by atoms with Crippen molar-refractivity contribution in [3.63, 3.8) is 0 Å². The van der Waals surface area contributed by atoms with Gasteiger partial charge in [-0.1, -0.05) is 0 Å². The maximum Gasteiger partial charge on any atom is 0.126 e. The van der Waals surface area contributed by atoms with Crippen molar-refractivity contribution >= 4 is 5.69 Å². The Morgan fingerprint density at radius 3 is 3.08 bits per heavy atom. The van der Waals surface area contributed by atoms with E-state index in [9.17, 15) is 4.91 Å². The summed E-state index contributed by atoms with van der Waals surface area (Å²) in [6.07, 6.45) is 5.37. The first-order valence-corrected chi connectivity index (χ1v) is 4.71. The lowest BCUT2D eigenvalue weighted by molar-refractivity contribution is 0.697. The highest BCUT2D eigenvalue weighted by molar-refractivity contribution is 5.45. The molecule has 0 spiro atoms. The van der Waals surface area contributed by atoms with Gasteiger partial charge in [0, 0.05) is 11.6 Å². The Hall–Kier alpha value is -1.25. The molecule has 2 atom stereocenters. The summed E-state index contributed by atoms with van der Waals surface area (Å²) in [5.41, 5.74) is 2.99. The van der Waals surface area contributed by atoms with E-state index < -0.39 is 0 Å². The number of hydrogen-bond acceptors (Lipinski definition) is 3. The van der Waals surface area contributed by atoms with Crippen molar-refractivity contribution in [1.82, 2.24) is 4.98 Å². The number of rotatable bonds is 1. The van der Waals surface area contributed by atoms with Crippen LogP contribution in [-0.2, 0) is 0 Å². The van der Waals surface area contributed by atoms with Crippen LogP contribution in [-0.4, -0.2) is 4.98 Å². The van der Waals surface area contributed by atoms with Crippen LogP contribution in [0.4, 0.5) is 5.69 Å². The molecule has 0 N–H and O–H groups in total. The molecule has 2 bridgehead atoms. The van der Waals surface area contributed by atoms with Crippen LogP contribution in [0.15, 0.2) is 17.4 Å². The largest absolute Gasteiger partial charge is 0.258 e. The average molecular weight is 174 g/mol. The summed E-state index contributed by atoms with van der Waals surface area (Å²) in [7, 11) is 0. The first-order valence-electron chi connectivity index (χ1n) is 4.71. The van der Waals surface area contributed by atoms with Crippen molar-refractivity contribution in [2.45, 2.75) is 31.1 Å². The molecular formula is C10H10N2O. The number of hydrogen-bond donors (Lipinski definition) is 0. The smallest absolute Gasteiger partial charge is 0.126 e. The molecule has 1 saturated carbocycles. The van der Waals surface area contributed by atoms with E-state index in [2.05, 4.69) is 10.2 Å². The van der Waals surface area contributed by atoms with Crippen molar-refractivity contribution in [3.05, 3.63) is 28.4 Å². The maximum absolute atomic E-state index is 10.3. The van der Waals surface area contributed by atoms with Crippen LogP contribution in [0, 0.1) is 4.91 Å². The fourth-order valence-electron chi connectivity index (χ4n) is 2.71. The van der Waals surface area contributed by atoms with Gasteiger partial charge < -0.3 is 0 Å². The molecule has 1 aromatic rings. The van der Waals surface area contributed by atoms with E-state index in [0.29, 0.717) is 17.5 Å². The number of fused-ring (bicyclic) bond motifs is 5. The molecule has 1 aromatic heterocycles. The zero-order valence-electron chi connectivity index (χ0n) is 7.23. The van der Waals surface area contributed by atoms with Crippen LogP contribution in [0.5, 0.6) is 0 Å². The summed E-state index contributed by atoms with van der Waals surface area (Å²) >= 11 is 0. The zero-order valence-corrected chi connectivity index (χ0v) is 7.23. The lowest BCUT2D eigenvalue weighted by Gasteiger charge is -2.12. The highest BCUT2D eigenvalue weighted by Crippen LogP contribution is 2.52. The molecular weight excluding hydrogens is 164 g/mol. The van der Waals surface area contributed by atoms with Crippen molar-refractivity contribution in [2.75, 3.05) is 0 Å². The Balaban J connectivity index is 2.16. The number of aromatic nitrogens is 1. The lowest BCUT2D eigenvalue weighted by atomic mass is 9.96. The molecule has 1 fully saturated rings. The summed E-state index contributed by atoms with van der Waals surface area (Å²) in [4.78, 5) is 14.6. The normalized spacial score (nSPS) is 28.9. The third-order valence-corrected chi connectivity index (χ3v) is 3.30. The van der Waals surface area contributed by atoms with Gasteiger partial charge in [0.25, 0.3) is 0 Å². The predicted molar refractivity (Wildman–Crippen MR) is 49.0 cm³/mol. The second-order valence-corrected chi connectivity index (χ2v) is 3.97. The highest BCUT2D eigenvalue weighted by atomic mass is 16.3. The topological polar surface area (TPSA) is 42.3 Å². The minimum atomic E-state index is 0.478. The van der Waals surface area contributed by atoms with E-state index in [1.54, 1.807) is 6.20 Å². The molecule has 13 heavy (non-hydrogen) atoms. The van der Waals surface area contributed by atoms with Gasteiger partial charge in [-0.05, 0) is 42.0 Å².